The molecule has 0 aromatic rings. The fourth-order valence-electron chi connectivity index (χ4n) is 0.563. The zero-order valence-electron chi connectivity index (χ0n) is 5.22. The van der Waals surface area contributed by atoms with Gasteiger partial charge in [0.1, 0.15) is 4.62 Å². The van der Waals surface area contributed by atoms with Crippen molar-refractivity contribution in [3.8, 4) is 0 Å². The molecule has 0 aromatic carbocycles. The van der Waals surface area contributed by atoms with Crippen LogP contribution in [0.15, 0.2) is 19.8 Å². The van der Waals surface area contributed by atoms with Gasteiger partial charge in [-0.3, -0.25) is 4.99 Å². The largest absolute Gasteiger partial charge is 0.276 e. The second-order valence-electron chi connectivity index (χ2n) is 1.78. The number of rotatable bonds is 0. The van der Waals surface area contributed by atoms with Crippen LogP contribution in [-0.2, 0) is 0 Å². The molecule has 0 aliphatic carbocycles. The van der Waals surface area contributed by atoms with Gasteiger partial charge in [-0.1, -0.05) is 6.08 Å². The smallest absolute Gasteiger partial charge is 0.118 e. The summed E-state index contributed by atoms with van der Waals surface area (Å²) in [7, 11) is 0. The van der Waals surface area contributed by atoms with Crippen molar-refractivity contribution in [1.29, 1.82) is 0 Å². The van der Waals surface area contributed by atoms with Gasteiger partial charge in [0.25, 0.3) is 0 Å². The molecule has 0 bridgehead atoms. The van der Waals surface area contributed by atoms with Gasteiger partial charge in [0.15, 0.2) is 0 Å². The van der Waals surface area contributed by atoms with Crippen LogP contribution in [0, 0.1) is 0 Å². The molecule has 1 heterocycles. The van der Waals surface area contributed by atoms with Crippen molar-refractivity contribution in [2.24, 2.45) is 9.98 Å². The van der Waals surface area contributed by atoms with Crippen LogP contribution in [0.4, 0.5) is 0 Å². The Morgan fingerprint density at radius 3 is 3.20 bits per heavy atom. The molecule has 1 aliphatic rings. The first-order valence-corrected chi connectivity index (χ1v) is 4.76. The van der Waals surface area contributed by atoms with Crippen LogP contribution in [0.2, 0.25) is 0 Å². The third-order valence-corrected chi connectivity index (χ3v) is 2.17. The summed E-state index contributed by atoms with van der Waals surface area (Å²) in [6.45, 7) is 0.846. The molecule has 0 amide bonds. The Morgan fingerprint density at radius 1 is 1.60 bits per heavy atom. The summed E-state index contributed by atoms with van der Waals surface area (Å²) in [5.41, 5.74) is 0. The van der Waals surface area contributed by atoms with Crippen molar-refractivity contribution >= 4 is 49.4 Å². The van der Waals surface area contributed by atoms with Gasteiger partial charge in [0.05, 0.1) is 9.92 Å². The molecule has 0 unspecified atom stereocenters. The second kappa shape index (κ2) is 4.23. The van der Waals surface area contributed by atoms with Gasteiger partial charge in [-0.15, -0.1) is 0 Å². The van der Waals surface area contributed by atoms with Gasteiger partial charge in [-0.25, -0.2) is 4.99 Å². The molecular weight excluding hydrogens is 307 g/mol. The maximum atomic E-state index is 4.15. The topological polar surface area (TPSA) is 24.7 Å². The Bertz CT molecular complexity index is 186. The van der Waals surface area contributed by atoms with Crippen molar-refractivity contribution in [3.05, 3.63) is 9.78 Å². The van der Waals surface area contributed by atoms with E-state index in [1.165, 1.54) is 0 Å². The molecule has 10 heavy (non-hydrogen) atoms. The minimum absolute atomic E-state index is 0.828. The van der Waals surface area contributed by atoms with Crippen LogP contribution in [0.1, 0.15) is 6.42 Å². The molecule has 1 aliphatic heterocycles. The first-order chi connectivity index (χ1) is 4.79. The highest BCUT2D eigenvalue weighted by molar-refractivity contribution is 14.1. The fourth-order valence-corrected chi connectivity index (χ4v) is 1.29. The molecule has 2 nitrogen and oxygen atoms in total. The van der Waals surface area contributed by atoms with Crippen LogP contribution in [0.5, 0.6) is 0 Å². The van der Waals surface area contributed by atoms with Crippen LogP contribution < -0.4 is 0 Å². The summed E-state index contributed by atoms with van der Waals surface area (Å²) in [6, 6.07) is 0. The Hall–Kier alpha value is 0.290. The third-order valence-electron chi connectivity index (χ3n) is 0.999. The first-order valence-electron chi connectivity index (χ1n) is 2.89. The van der Waals surface area contributed by atoms with E-state index in [1.807, 2.05) is 0 Å². The Kier molecular flexibility index (Phi) is 3.55. The van der Waals surface area contributed by atoms with Crippen molar-refractivity contribution in [1.82, 2.24) is 0 Å². The van der Waals surface area contributed by atoms with Crippen LogP contribution >= 0.6 is 38.5 Å². The summed E-state index contributed by atoms with van der Waals surface area (Å²) in [5, 5.41) is 0. The Morgan fingerprint density at radius 2 is 2.40 bits per heavy atom. The summed E-state index contributed by atoms with van der Waals surface area (Å²) in [4.78, 5) is 8.26. The number of nitrogens with zero attached hydrogens (tertiary/aromatic N) is 2. The zero-order chi connectivity index (χ0) is 7.40. The highest BCUT2D eigenvalue weighted by atomic mass is 127. The fraction of sp³-hybridized carbons (Fsp3) is 0.333. The van der Waals surface area contributed by atoms with E-state index in [4.69, 9.17) is 0 Å². The Balaban J connectivity index is 2.73. The van der Waals surface area contributed by atoms with Crippen LogP contribution in [0.3, 0.4) is 0 Å². The van der Waals surface area contributed by atoms with E-state index < -0.39 is 0 Å². The summed E-state index contributed by atoms with van der Waals surface area (Å²) >= 11 is 5.47. The lowest BCUT2D eigenvalue weighted by Gasteiger charge is -1.95. The standard InChI is InChI=1S/C6H6BrIN2/c7-5-4-10-6(8)2-1-3-9-5/h2,4H,1,3H2/b6-2+,9-5+,10-4-. The summed E-state index contributed by atoms with van der Waals surface area (Å²) < 4.78 is 1.86. The van der Waals surface area contributed by atoms with Gasteiger partial charge in [0.2, 0.25) is 0 Å². The van der Waals surface area contributed by atoms with Gasteiger partial charge in [-0.2, -0.15) is 0 Å². The molecule has 0 saturated heterocycles. The van der Waals surface area contributed by atoms with E-state index in [-0.39, 0.29) is 0 Å². The molecule has 0 spiro atoms. The average Bonchev–Trinajstić information content (AvgIpc) is 1.90. The molecule has 4 heteroatoms. The van der Waals surface area contributed by atoms with E-state index >= 15 is 0 Å². The highest BCUT2D eigenvalue weighted by Crippen LogP contribution is 2.10. The first kappa shape index (κ1) is 8.39. The van der Waals surface area contributed by atoms with Gasteiger partial charge in [-0.05, 0) is 44.9 Å². The average molecular weight is 313 g/mol. The predicted octanol–water partition coefficient (Wildman–Crippen LogP) is 2.53. The number of hydrogen-bond acceptors (Lipinski definition) is 2. The van der Waals surface area contributed by atoms with E-state index in [1.54, 1.807) is 6.21 Å². The van der Waals surface area contributed by atoms with Crippen molar-refractivity contribution < 1.29 is 0 Å². The maximum absolute atomic E-state index is 4.15. The lowest BCUT2D eigenvalue weighted by atomic mass is 10.4. The normalized spacial score (nSPS) is 32.6. The quantitative estimate of drug-likeness (QED) is 0.485. The number of halogens is 2. The minimum Gasteiger partial charge on any atom is -0.276 e. The molecule has 0 aromatic heterocycles. The maximum Gasteiger partial charge on any atom is 0.118 e. The predicted molar refractivity (Wildman–Crippen MR) is 56.4 cm³/mol. The van der Waals surface area contributed by atoms with E-state index in [0.717, 1.165) is 21.3 Å². The monoisotopic (exact) mass is 312 g/mol. The summed E-state index contributed by atoms with van der Waals surface area (Å²) in [6.07, 6.45) is 4.77. The molecule has 0 fully saturated rings. The molecular formula is C6H6BrIN2. The molecule has 0 radical (unpaired) electrons. The lowest BCUT2D eigenvalue weighted by molar-refractivity contribution is 1.01. The Labute approximate surface area is 81.8 Å². The molecule has 54 valence electrons. The lowest BCUT2D eigenvalue weighted by Crippen LogP contribution is -1.92. The molecule has 1 rings (SSSR count). The van der Waals surface area contributed by atoms with Crippen LogP contribution in [0.25, 0.3) is 0 Å². The minimum atomic E-state index is 0.828. The van der Waals surface area contributed by atoms with E-state index in [9.17, 15) is 0 Å². The van der Waals surface area contributed by atoms with Crippen molar-refractivity contribution in [3.63, 3.8) is 0 Å². The van der Waals surface area contributed by atoms with Gasteiger partial charge in [0, 0.05) is 6.54 Å². The summed E-state index contributed by atoms with van der Waals surface area (Å²) in [5.74, 6) is 0. The van der Waals surface area contributed by atoms with Crippen molar-refractivity contribution in [2.45, 2.75) is 6.42 Å². The van der Waals surface area contributed by atoms with E-state index in [0.29, 0.717) is 0 Å². The van der Waals surface area contributed by atoms with Gasteiger partial charge >= 0.3 is 0 Å². The third kappa shape index (κ3) is 2.92. The molecule has 0 N–H and O–H groups in total. The number of hydrogen-bond donors (Lipinski definition) is 0. The van der Waals surface area contributed by atoms with Crippen molar-refractivity contribution in [2.75, 3.05) is 6.54 Å². The van der Waals surface area contributed by atoms with Crippen LogP contribution in [-0.4, -0.2) is 17.4 Å². The molecule has 0 atom stereocenters. The second-order valence-corrected chi connectivity index (χ2v) is 3.70. The number of aliphatic imine (C=N–C) groups is 2. The zero-order valence-corrected chi connectivity index (χ0v) is 8.96. The SMILES string of the molecule is BrC1=N/CC/C=C(I)/N=C\1. The molecule has 0 saturated carbocycles. The highest BCUT2D eigenvalue weighted by Gasteiger charge is 1.92. The van der Waals surface area contributed by atoms with E-state index in [2.05, 4.69) is 54.6 Å². The van der Waals surface area contributed by atoms with Gasteiger partial charge < -0.3 is 0 Å².